The fraction of sp³-hybridized carbons (Fsp3) is 0.900. The number of likely N-dealkylation sites (tertiary alicyclic amines) is 1. The molecule has 0 bridgehead atoms. The highest BCUT2D eigenvalue weighted by Crippen LogP contribution is 2.25. The lowest BCUT2D eigenvalue weighted by atomic mass is 9.97. The van der Waals surface area contributed by atoms with Crippen molar-refractivity contribution in [3.63, 3.8) is 0 Å². The van der Waals surface area contributed by atoms with Crippen LogP contribution in [0.2, 0.25) is 0 Å². The van der Waals surface area contributed by atoms with Gasteiger partial charge in [-0.2, -0.15) is 0 Å². The van der Waals surface area contributed by atoms with Gasteiger partial charge in [0, 0.05) is 0 Å². The summed E-state index contributed by atoms with van der Waals surface area (Å²) in [5, 5.41) is 0. The van der Waals surface area contributed by atoms with Crippen LogP contribution in [-0.2, 0) is 9.53 Å². The van der Waals surface area contributed by atoms with E-state index in [1.165, 1.54) is 20.0 Å². The lowest BCUT2D eigenvalue weighted by molar-refractivity contribution is -0.153. The largest absolute Gasteiger partial charge is 0.468 e. The summed E-state index contributed by atoms with van der Waals surface area (Å²) in [6.45, 7) is 6.07. The van der Waals surface area contributed by atoms with Crippen LogP contribution in [-0.4, -0.2) is 36.6 Å². The van der Waals surface area contributed by atoms with Gasteiger partial charge in [-0.3, -0.25) is 9.69 Å². The molecule has 1 rings (SSSR count). The summed E-state index contributed by atoms with van der Waals surface area (Å²) >= 11 is 0. The molecule has 1 heterocycles. The number of ether oxygens (including phenoxy) is 1. The second-order valence-corrected chi connectivity index (χ2v) is 3.81. The molecule has 3 nitrogen and oxygen atoms in total. The van der Waals surface area contributed by atoms with E-state index in [1.54, 1.807) is 0 Å². The minimum atomic E-state index is -0.398. The highest BCUT2D eigenvalue weighted by Gasteiger charge is 2.39. The maximum absolute atomic E-state index is 11.6. The summed E-state index contributed by atoms with van der Waals surface area (Å²) in [6, 6.07) is 0. The molecule has 0 aromatic rings. The average molecular weight is 185 g/mol. The lowest BCUT2D eigenvalue weighted by Gasteiger charge is -2.34. The van der Waals surface area contributed by atoms with Crippen LogP contribution in [0.3, 0.4) is 0 Å². The molecule has 0 N–H and O–H groups in total. The van der Waals surface area contributed by atoms with Gasteiger partial charge in [-0.05, 0) is 39.3 Å². The van der Waals surface area contributed by atoms with Gasteiger partial charge in [-0.25, -0.2) is 0 Å². The van der Waals surface area contributed by atoms with E-state index in [2.05, 4.69) is 4.90 Å². The molecule has 76 valence electrons. The third kappa shape index (κ3) is 1.85. The number of rotatable bonds is 3. The number of esters is 1. The van der Waals surface area contributed by atoms with Crippen molar-refractivity contribution in [3.05, 3.63) is 0 Å². The van der Waals surface area contributed by atoms with Gasteiger partial charge in [0.1, 0.15) is 5.54 Å². The Kier molecular flexibility index (Phi) is 3.31. The first-order chi connectivity index (χ1) is 6.15. The van der Waals surface area contributed by atoms with Gasteiger partial charge in [0.15, 0.2) is 0 Å². The minimum Gasteiger partial charge on any atom is -0.468 e. The molecule has 3 heteroatoms. The first-order valence-corrected chi connectivity index (χ1v) is 4.98. The zero-order valence-corrected chi connectivity index (χ0v) is 8.80. The molecule has 0 aliphatic carbocycles. The topological polar surface area (TPSA) is 29.5 Å². The van der Waals surface area contributed by atoms with Crippen molar-refractivity contribution in [1.82, 2.24) is 4.90 Å². The molecule has 0 unspecified atom stereocenters. The Morgan fingerprint density at radius 1 is 1.46 bits per heavy atom. The quantitative estimate of drug-likeness (QED) is 0.623. The molecule has 0 amide bonds. The zero-order chi connectivity index (χ0) is 9.90. The van der Waals surface area contributed by atoms with E-state index < -0.39 is 5.54 Å². The van der Waals surface area contributed by atoms with Gasteiger partial charge >= 0.3 is 5.97 Å². The van der Waals surface area contributed by atoms with E-state index in [-0.39, 0.29) is 5.97 Å². The van der Waals surface area contributed by atoms with Crippen molar-refractivity contribution in [3.8, 4) is 0 Å². The van der Waals surface area contributed by atoms with Gasteiger partial charge in [0.05, 0.1) is 7.11 Å². The van der Waals surface area contributed by atoms with Crippen LogP contribution >= 0.6 is 0 Å². The molecule has 1 saturated heterocycles. The summed E-state index contributed by atoms with van der Waals surface area (Å²) in [7, 11) is 1.46. The number of hydrogen-bond acceptors (Lipinski definition) is 3. The van der Waals surface area contributed by atoms with Gasteiger partial charge in [-0.15, -0.1) is 0 Å². The fourth-order valence-corrected chi connectivity index (χ4v) is 1.93. The first-order valence-electron chi connectivity index (χ1n) is 4.98. The van der Waals surface area contributed by atoms with Gasteiger partial charge in [0.2, 0.25) is 0 Å². The molecule has 13 heavy (non-hydrogen) atoms. The Morgan fingerprint density at radius 2 is 2.00 bits per heavy atom. The molecule has 0 saturated carbocycles. The van der Waals surface area contributed by atoms with Crippen molar-refractivity contribution in [2.24, 2.45) is 0 Å². The first kappa shape index (κ1) is 10.5. The summed E-state index contributed by atoms with van der Waals surface area (Å²) in [5.41, 5.74) is -0.398. The SMILES string of the molecule is CC[C@@](C)(C(=O)OC)N1CCCC1. The normalized spacial score (nSPS) is 22.7. The Balaban J connectivity index is 2.72. The summed E-state index contributed by atoms with van der Waals surface area (Å²) in [6.07, 6.45) is 3.22. The second-order valence-electron chi connectivity index (χ2n) is 3.81. The molecular formula is C10H19NO2. The van der Waals surface area contributed by atoms with Gasteiger partial charge in [-0.1, -0.05) is 6.92 Å². The summed E-state index contributed by atoms with van der Waals surface area (Å²) in [5.74, 6) is -0.100. The number of nitrogens with zero attached hydrogens (tertiary/aromatic N) is 1. The standard InChI is InChI=1S/C10H19NO2/c1-4-10(2,9(12)13-3)11-7-5-6-8-11/h4-8H2,1-3H3/t10-/m0/s1. The summed E-state index contributed by atoms with van der Waals surface area (Å²) in [4.78, 5) is 13.8. The van der Waals surface area contributed by atoms with E-state index in [4.69, 9.17) is 4.74 Å². The van der Waals surface area contributed by atoms with E-state index >= 15 is 0 Å². The highest BCUT2D eigenvalue weighted by atomic mass is 16.5. The average Bonchev–Trinajstić information content (AvgIpc) is 2.68. The van der Waals surface area contributed by atoms with Crippen molar-refractivity contribution in [2.75, 3.05) is 20.2 Å². The van der Waals surface area contributed by atoms with Crippen molar-refractivity contribution < 1.29 is 9.53 Å². The molecule has 0 aromatic carbocycles. The fourth-order valence-electron chi connectivity index (χ4n) is 1.93. The van der Waals surface area contributed by atoms with Crippen LogP contribution in [0.1, 0.15) is 33.1 Å². The number of hydrogen-bond donors (Lipinski definition) is 0. The van der Waals surface area contributed by atoms with Gasteiger partial charge in [0.25, 0.3) is 0 Å². The second kappa shape index (κ2) is 4.09. The Hall–Kier alpha value is -0.570. The maximum Gasteiger partial charge on any atom is 0.325 e. The molecule has 1 aliphatic rings. The van der Waals surface area contributed by atoms with Crippen molar-refractivity contribution in [1.29, 1.82) is 0 Å². The third-order valence-electron chi connectivity index (χ3n) is 3.12. The van der Waals surface area contributed by atoms with Crippen molar-refractivity contribution in [2.45, 2.75) is 38.6 Å². The van der Waals surface area contributed by atoms with E-state index in [0.717, 1.165) is 19.5 Å². The number of carbonyl (C=O) groups excluding carboxylic acids is 1. The maximum atomic E-state index is 11.6. The Bertz CT molecular complexity index is 187. The van der Waals surface area contributed by atoms with Crippen LogP contribution < -0.4 is 0 Å². The zero-order valence-electron chi connectivity index (χ0n) is 8.80. The van der Waals surface area contributed by atoms with Crippen LogP contribution in [0.15, 0.2) is 0 Å². The van der Waals surface area contributed by atoms with Crippen molar-refractivity contribution >= 4 is 5.97 Å². The predicted octanol–water partition coefficient (Wildman–Crippen LogP) is 1.42. The van der Waals surface area contributed by atoms with Crippen LogP contribution in [0.5, 0.6) is 0 Å². The smallest absolute Gasteiger partial charge is 0.325 e. The molecule has 0 radical (unpaired) electrons. The van der Waals surface area contributed by atoms with Gasteiger partial charge < -0.3 is 4.74 Å². The molecule has 0 aromatic heterocycles. The molecule has 1 atom stereocenters. The number of carbonyl (C=O) groups is 1. The third-order valence-corrected chi connectivity index (χ3v) is 3.12. The predicted molar refractivity (Wildman–Crippen MR) is 51.5 cm³/mol. The van der Waals surface area contributed by atoms with E-state index in [0.29, 0.717) is 0 Å². The number of methoxy groups -OCH3 is 1. The van der Waals surface area contributed by atoms with Crippen LogP contribution in [0.4, 0.5) is 0 Å². The molecular weight excluding hydrogens is 166 g/mol. The highest BCUT2D eigenvalue weighted by molar-refractivity contribution is 5.80. The Labute approximate surface area is 80.1 Å². The monoisotopic (exact) mass is 185 g/mol. The van der Waals surface area contributed by atoms with Crippen LogP contribution in [0.25, 0.3) is 0 Å². The summed E-state index contributed by atoms with van der Waals surface area (Å²) < 4.78 is 4.84. The van der Waals surface area contributed by atoms with Crippen LogP contribution in [0, 0.1) is 0 Å². The molecule has 1 fully saturated rings. The molecule has 0 spiro atoms. The molecule has 1 aliphatic heterocycles. The van der Waals surface area contributed by atoms with E-state index in [1.807, 2.05) is 13.8 Å². The van der Waals surface area contributed by atoms with E-state index in [9.17, 15) is 4.79 Å². The Morgan fingerprint density at radius 3 is 2.38 bits per heavy atom. The lowest BCUT2D eigenvalue weighted by Crippen LogP contribution is -2.51. The minimum absolute atomic E-state index is 0.100.